The predicted molar refractivity (Wildman–Crippen MR) is 106 cm³/mol. The van der Waals surface area contributed by atoms with Crippen molar-refractivity contribution in [3.8, 4) is 5.75 Å². The van der Waals surface area contributed by atoms with Crippen LogP contribution >= 0.6 is 0 Å². The van der Waals surface area contributed by atoms with Crippen molar-refractivity contribution in [3.63, 3.8) is 0 Å². The number of hydrogen-bond acceptors (Lipinski definition) is 5. The Morgan fingerprint density at radius 1 is 1.25 bits per heavy atom. The molecule has 28 heavy (non-hydrogen) atoms. The van der Waals surface area contributed by atoms with Crippen molar-refractivity contribution in [2.75, 3.05) is 13.7 Å². The van der Waals surface area contributed by atoms with Gasteiger partial charge in [0.25, 0.3) is 11.7 Å². The number of pyridine rings is 1. The van der Waals surface area contributed by atoms with Crippen LogP contribution in [0.2, 0.25) is 0 Å². The van der Waals surface area contributed by atoms with Gasteiger partial charge in [-0.15, -0.1) is 0 Å². The van der Waals surface area contributed by atoms with Crippen LogP contribution < -0.4 is 4.74 Å². The summed E-state index contributed by atoms with van der Waals surface area (Å²) in [4.78, 5) is 31.5. The Morgan fingerprint density at radius 2 is 2.04 bits per heavy atom. The molecule has 0 radical (unpaired) electrons. The number of carbonyl (C=O) groups is 2. The van der Waals surface area contributed by atoms with Crippen LogP contribution in [-0.4, -0.2) is 40.3 Å². The van der Waals surface area contributed by atoms with Gasteiger partial charge in [0, 0.05) is 12.7 Å². The molecular formula is C22H24N2O4. The van der Waals surface area contributed by atoms with Crippen LogP contribution in [0, 0.1) is 6.92 Å². The first-order valence-electron chi connectivity index (χ1n) is 9.34. The second-order valence-corrected chi connectivity index (χ2v) is 6.80. The smallest absolute Gasteiger partial charge is 0.295 e. The van der Waals surface area contributed by atoms with Gasteiger partial charge in [0.05, 0.1) is 23.9 Å². The summed E-state index contributed by atoms with van der Waals surface area (Å²) in [6.45, 7) is 4.32. The molecule has 1 aliphatic rings. The first kappa shape index (κ1) is 19.6. The second-order valence-electron chi connectivity index (χ2n) is 6.80. The molecule has 1 atom stereocenters. The number of aryl methyl sites for hydroxylation is 1. The third-order valence-corrected chi connectivity index (χ3v) is 4.87. The van der Waals surface area contributed by atoms with Gasteiger partial charge in [-0.3, -0.25) is 14.6 Å². The lowest BCUT2D eigenvalue weighted by atomic mass is 9.97. The molecule has 6 nitrogen and oxygen atoms in total. The molecular weight excluding hydrogens is 356 g/mol. The first-order chi connectivity index (χ1) is 13.5. The molecule has 2 aromatic rings. The number of amides is 1. The number of unbranched alkanes of at least 4 members (excludes halogenated alkanes) is 1. The minimum absolute atomic E-state index is 0.0451. The number of aromatic nitrogens is 1. The highest BCUT2D eigenvalue weighted by Crippen LogP contribution is 2.40. The highest BCUT2D eigenvalue weighted by atomic mass is 16.5. The van der Waals surface area contributed by atoms with Crippen molar-refractivity contribution in [1.29, 1.82) is 0 Å². The molecule has 1 saturated heterocycles. The van der Waals surface area contributed by atoms with Gasteiger partial charge in [0.1, 0.15) is 17.6 Å². The van der Waals surface area contributed by atoms with Gasteiger partial charge in [-0.05, 0) is 37.6 Å². The molecule has 1 aliphatic heterocycles. The Morgan fingerprint density at radius 3 is 2.68 bits per heavy atom. The zero-order valence-electron chi connectivity index (χ0n) is 16.3. The number of ketones is 1. The lowest BCUT2D eigenvalue weighted by Crippen LogP contribution is -2.31. The number of carbonyl (C=O) groups excluding carboxylic acids is 2. The molecule has 1 N–H and O–H groups in total. The minimum atomic E-state index is -0.724. The average Bonchev–Trinajstić information content (AvgIpc) is 2.97. The fourth-order valence-corrected chi connectivity index (χ4v) is 3.44. The van der Waals surface area contributed by atoms with E-state index in [0.29, 0.717) is 23.6 Å². The third-order valence-electron chi connectivity index (χ3n) is 4.87. The van der Waals surface area contributed by atoms with E-state index < -0.39 is 17.7 Å². The van der Waals surface area contributed by atoms with Gasteiger partial charge in [-0.1, -0.05) is 31.0 Å². The Balaban J connectivity index is 2.21. The Bertz CT molecular complexity index is 921. The quantitative estimate of drug-likeness (QED) is 0.470. The first-order valence-corrected chi connectivity index (χ1v) is 9.34. The van der Waals surface area contributed by atoms with Gasteiger partial charge in [0.2, 0.25) is 0 Å². The molecule has 146 valence electrons. The van der Waals surface area contributed by atoms with E-state index >= 15 is 0 Å². The minimum Gasteiger partial charge on any atom is -0.507 e. The van der Waals surface area contributed by atoms with Crippen molar-refractivity contribution in [1.82, 2.24) is 9.88 Å². The predicted octanol–water partition coefficient (Wildman–Crippen LogP) is 3.62. The number of nitrogens with zero attached hydrogens (tertiary/aromatic N) is 2. The molecule has 1 fully saturated rings. The van der Waals surface area contributed by atoms with E-state index in [1.165, 1.54) is 12.0 Å². The number of aliphatic hydroxyl groups is 1. The van der Waals surface area contributed by atoms with Crippen molar-refractivity contribution in [2.24, 2.45) is 0 Å². The maximum absolute atomic E-state index is 12.9. The SMILES string of the molecule is CCCCN1C(=O)C(=O)/C(=C(/O)c2cc(C)ccc2OC)C1c1ccccn1. The van der Waals surface area contributed by atoms with E-state index in [1.54, 1.807) is 36.5 Å². The number of rotatable bonds is 6. The number of methoxy groups -OCH3 is 1. The molecule has 1 aromatic carbocycles. The molecule has 1 unspecified atom stereocenters. The van der Waals surface area contributed by atoms with E-state index in [1.807, 2.05) is 19.9 Å². The zero-order chi connectivity index (χ0) is 20.3. The second kappa shape index (κ2) is 8.25. The van der Waals surface area contributed by atoms with E-state index in [0.717, 1.165) is 18.4 Å². The molecule has 2 heterocycles. The summed E-state index contributed by atoms with van der Waals surface area (Å²) in [5.41, 5.74) is 1.88. The summed E-state index contributed by atoms with van der Waals surface area (Å²) in [5, 5.41) is 11.1. The number of hydrogen-bond donors (Lipinski definition) is 1. The Hall–Kier alpha value is -3.15. The summed E-state index contributed by atoms with van der Waals surface area (Å²) in [6, 6.07) is 9.93. The molecule has 0 aliphatic carbocycles. The van der Waals surface area contributed by atoms with Crippen molar-refractivity contribution in [3.05, 3.63) is 65.0 Å². The highest BCUT2D eigenvalue weighted by Gasteiger charge is 2.46. The largest absolute Gasteiger partial charge is 0.507 e. The maximum atomic E-state index is 12.9. The van der Waals surface area contributed by atoms with Crippen molar-refractivity contribution >= 4 is 17.4 Å². The topological polar surface area (TPSA) is 79.7 Å². The van der Waals surface area contributed by atoms with Gasteiger partial charge in [0.15, 0.2) is 0 Å². The lowest BCUT2D eigenvalue weighted by molar-refractivity contribution is -0.140. The summed E-state index contributed by atoms with van der Waals surface area (Å²) in [5.74, 6) is -1.12. The number of Topliss-reactive ketones (excluding diaryl/α,β-unsaturated/α-hetero) is 1. The highest BCUT2D eigenvalue weighted by molar-refractivity contribution is 6.46. The summed E-state index contributed by atoms with van der Waals surface area (Å²) in [6.07, 6.45) is 3.25. The van der Waals surface area contributed by atoms with Crippen LogP contribution in [0.3, 0.4) is 0 Å². The Kier molecular flexibility index (Phi) is 5.78. The molecule has 0 saturated carbocycles. The van der Waals surface area contributed by atoms with Crippen molar-refractivity contribution in [2.45, 2.75) is 32.7 Å². The molecule has 0 bridgehead atoms. The van der Waals surface area contributed by atoms with E-state index in [-0.39, 0.29) is 11.3 Å². The van der Waals surface area contributed by atoms with Gasteiger partial charge < -0.3 is 14.7 Å². The van der Waals surface area contributed by atoms with E-state index in [2.05, 4.69) is 4.98 Å². The average molecular weight is 380 g/mol. The zero-order valence-corrected chi connectivity index (χ0v) is 16.3. The van der Waals surface area contributed by atoms with Crippen LogP contribution in [0.25, 0.3) is 5.76 Å². The van der Waals surface area contributed by atoms with Crippen LogP contribution in [0.15, 0.2) is 48.2 Å². The molecule has 1 aromatic heterocycles. The molecule has 0 spiro atoms. The fourth-order valence-electron chi connectivity index (χ4n) is 3.44. The van der Waals surface area contributed by atoms with Gasteiger partial charge in [-0.25, -0.2) is 0 Å². The van der Waals surface area contributed by atoms with Crippen LogP contribution in [0.5, 0.6) is 5.75 Å². The van der Waals surface area contributed by atoms with E-state index in [9.17, 15) is 14.7 Å². The van der Waals surface area contributed by atoms with Gasteiger partial charge >= 0.3 is 0 Å². The normalized spacial score (nSPS) is 18.5. The maximum Gasteiger partial charge on any atom is 0.295 e. The van der Waals surface area contributed by atoms with Crippen LogP contribution in [0.4, 0.5) is 0 Å². The number of benzene rings is 1. The molecule has 6 heteroatoms. The standard InChI is InChI=1S/C22H24N2O4/c1-4-5-12-24-19(16-8-6-7-11-23-16)18(21(26)22(24)27)20(25)15-13-14(2)9-10-17(15)28-3/h6-11,13,19,25H,4-5,12H2,1-3H3/b20-18+. The van der Waals surface area contributed by atoms with E-state index in [4.69, 9.17) is 4.74 Å². The molecule has 1 amide bonds. The number of aliphatic hydroxyl groups excluding tert-OH is 1. The van der Waals surface area contributed by atoms with Crippen LogP contribution in [0.1, 0.15) is 42.6 Å². The Labute approximate surface area is 164 Å². The summed E-state index contributed by atoms with van der Waals surface area (Å²) in [7, 11) is 1.50. The van der Waals surface area contributed by atoms with Gasteiger partial charge in [-0.2, -0.15) is 0 Å². The third kappa shape index (κ3) is 3.50. The number of likely N-dealkylation sites (tertiary alicyclic amines) is 1. The summed E-state index contributed by atoms with van der Waals surface area (Å²) < 4.78 is 5.36. The fraction of sp³-hybridized carbons (Fsp3) is 0.318. The molecule has 3 rings (SSSR count). The monoisotopic (exact) mass is 380 g/mol. The van der Waals surface area contributed by atoms with Crippen molar-refractivity contribution < 1.29 is 19.4 Å². The lowest BCUT2D eigenvalue weighted by Gasteiger charge is -2.24. The van der Waals surface area contributed by atoms with Crippen LogP contribution in [-0.2, 0) is 9.59 Å². The summed E-state index contributed by atoms with van der Waals surface area (Å²) >= 11 is 0. The number of ether oxygens (including phenoxy) is 1.